The Kier molecular flexibility index (Phi) is 9.23. The van der Waals surface area contributed by atoms with Gasteiger partial charge in [-0.1, -0.05) is 0 Å². The Balaban J connectivity index is 2.66. The lowest BCUT2D eigenvalue weighted by molar-refractivity contribution is -0.110. The van der Waals surface area contributed by atoms with Gasteiger partial charge in [0, 0.05) is 19.0 Å². The van der Waals surface area contributed by atoms with E-state index >= 15 is 0 Å². The highest BCUT2D eigenvalue weighted by atomic mass is 79.9. The van der Waals surface area contributed by atoms with Gasteiger partial charge in [0.15, 0.2) is 0 Å². The molecular weight excluding hydrogens is 980 g/mol. The molecule has 33 heavy (non-hydrogen) atoms. The van der Waals surface area contributed by atoms with Crippen LogP contribution in [0.2, 0.25) is 0 Å². The van der Waals surface area contributed by atoms with E-state index in [1.165, 1.54) is 0 Å². The second-order valence-electron chi connectivity index (χ2n) is 6.37. The maximum atomic E-state index is 12.6. The molecule has 1 aliphatic rings. The van der Waals surface area contributed by atoms with E-state index in [9.17, 15) is 22.9 Å². The van der Waals surface area contributed by atoms with Crippen LogP contribution < -0.4 is 0 Å². The lowest BCUT2D eigenvalue weighted by atomic mass is 9.90. The monoisotopic (exact) mass is 977 g/mol. The quantitative estimate of drug-likeness (QED) is 0.182. The third kappa shape index (κ3) is 5.59. The first-order chi connectivity index (χ1) is 15.2. The van der Waals surface area contributed by atoms with Crippen LogP contribution >= 0.6 is 127 Å². The zero-order chi connectivity index (χ0) is 25.0. The molecule has 5 nitrogen and oxygen atoms in total. The Hall–Kier alpha value is 0.880. The average Bonchev–Trinajstić information content (AvgIpc) is 2.71. The molecule has 0 atom stereocenters. The molecule has 0 heterocycles. The third-order valence-corrected chi connectivity index (χ3v) is 12.7. The van der Waals surface area contributed by atoms with Gasteiger partial charge in [-0.25, -0.2) is 0 Å². The number of halogens is 8. The van der Waals surface area contributed by atoms with E-state index in [4.69, 9.17) is 0 Å². The summed E-state index contributed by atoms with van der Waals surface area (Å²) in [4.78, 5) is 11.9. The van der Waals surface area contributed by atoms with Crippen LogP contribution in [-0.4, -0.2) is 23.9 Å². The average molecular weight is 986 g/mol. The fourth-order valence-electron chi connectivity index (χ4n) is 2.95. The third-order valence-electron chi connectivity index (χ3n) is 4.32. The molecule has 0 aliphatic heterocycles. The zero-order valence-corrected chi connectivity index (χ0v) is 28.9. The van der Waals surface area contributed by atoms with E-state index in [0.29, 0.717) is 39.1 Å². The summed E-state index contributed by atoms with van der Waals surface area (Å²) < 4.78 is 37.7. The molecule has 0 saturated heterocycles. The second kappa shape index (κ2) is 10.7. The van der Waals surface area contributed by atoms with Crippen LogP contribution in [0.5, 0.6) is 5.75 Å². The van der Waals surface area contributed by atoms with Crippen molar-refractivity contribution in [3.8, 4) is 5.75 Å². The molecule has 2 aromatic carbocycles. The summed E-state index contributed by atoms with van der Waals surface area (Å²) in [6, 6.07) is 3.18. The van der Waals surface area contributed by atoms with E-state index in [2.05, 4.69) is 127 Å². The number of carbonyl (C=O) groups excluding carboxylic acids is 1. The van der Waals surface area contributed by atoms with E-state index in [0.717, 1.165) is 0 Å². The number of hydrogen-bond donors (Lipinski definition) is 2. The highest BCUT2D eigenvalue weighted by Gasteiger charge is 2.32. The summed E-state index contributed by atoms with van der Waals surface area (Å²) in [6.07, 6.45) is 3.09. The molecule has 0 aromatic heterocycles. The highest BCUT2D eigenvalue weighted by Crippen LogP contribution is 2.50. The first-order valence-electron chi connectivity index (χ1n) is 8.22. The lowest BCUT2D eigenvalue weighted by Gasteiger charge is -2.22. The van der Waals surface area contributed by atoms with Crippen molar-refractivity contribution in [2.75, 3.05) is 0 Å². The smallest absolute Gasteiger partial charge is 0.296 e. The zero-order valence-electron chi connectivity index (χ0n) is 15.4. The molecule has 2 aromatic rings. The predicted molar refractivity (Wildman–Crippen MR) is 156 cm³/mol. The largest absolute Gasteiger partial charge is 0.506 e. The molecule has 0 spiro atoms. The number of carbonyl (C=O) groups is 1. The molecule has 0 unspecified atom stereocenters. The number of phenolic OH excluding ortho intramolecular Hbond substituents is 1. The standard InChI is InChI=1S/C19H6Br8O5S/c20-7-1-5(2-8(21)17(7)28)11(6-3-9(22)18(29)10(23)4-6)12-13(24)14(25)15(26)16(27)19(12)33(30,31)32/h1-4,28H,(H,30,31,32). The van der Waals surface area contributed by atoms with Crippen LogP contribution in [0.15, 0.2) is 70.6 Å². The molecule has 174 valence electrons. The van der Waals surface area contributed by atoms with Crippen LogP contribution in [-0.2, 0) is 14.9 Å². The van der Waals surface area contributed by atoms with Crippen molar-refractivity contribution in [2.45, 2.75) is 4.90 Å². The number of Topliss-reactive ketones (excluding diaryl/α,β-unsaturated/α-hetero) is 1. The number of benzene rings is 2. The lowest BCUT2D eigenvalue weighted by Crippen LogP contribution is -2.10. The minimum absolute atomic E-state index is 0.0531. The topological polar surface area (TPSA) is 91.7 Å². The SMILES string of the molecule is O=C1C(Br)=CC(=C(c2cc(Br)c(O)c(Br)c2)c2c(Br)c(Br)c(Br)c(Br)c2S(=O)(=O)O)C=C1Br. The van der Waals surface area contributed by atoms with Crippen molar-refractivity contribution in [3.05, 3.63) is 76.8 Å². The van der Waals surface area contributed by atoms with Gasteiger partial charge in [-0.3, -0.25) is 9.35 Å². The van der Waals surface area contributed by atoms with Gasteiger partial charge in [0.05, 0.1) is 22.4 Å². The first kappa shape index (κ1) is 28.5. The Bertz CT molecular complexity index is 1390. The van der Waals surface area contributed by atoms with Gasteiger partial charge in [0.25, 0.3) is 10.1 Å². The summed E-state index contributed by atoms with van der Waals surface area (Å²) in [5, 5.41) is 10.2. The molecule has 0 radical (unpaired) electrons. The predicted octanol–water partition coefficient (Wildman–Crippen LogP) is 9.16. The summed E-state index contributed by atoms with van der Waals surface area (Å²) in [5.74, 6) is -0.346. The van der Waals surface area contributed by atoms with Gasteiger partial charge in [-0.15, -0.1) is 0 Å². The van der Waals surface area contributed by atoms with Crippen molar-refractivity contribution < 1.29 is 22.9 Å². The number of aromatic hydroxyl groups is 1. The number of phenols is 1. The van der Waals surface area contributed by atoms with Gasteiger partial charge in [-0.2, -0.15) is 8.42 Å². The Morgan fingerprint density at radius 2 is 1.21 bits per heavy atom. The van der Waals surface area contributed by atoms with Gasteiger partial charge in [0.2, 0.25) is 5.78 Å². The summed E-state index contributed by atoms with van der Waals surface area (Å²) in [6.45, 7) is 0. The van der Waals surface area contributed by atoms with Gasteiger partial charge >= 0.3 is 0 Å². The molecule has 14 heteroatoms. The molecule has 0 saturated carbocycles. The van der Waals surface area contributed by atoms with Crippen molar-refractivity contribution >= 4 is 149 Å². The minimum atomic E-state index is -4.75. The second-order valence-corrected chi connectivity index (χ2v) is 14.3. The molecular formula is C19H6Br8O5S. The summed E-state index contributed by atoms with van der Waals surface area (Å²) in [7, 11) is -4.75. The van der Waals surface area contributed by atoms with Crippen LogP contribution in [0.3, 0.4) is 0 Å². The minimum Gasteiger partial charge on any atom is -0.506 e. The van der Waals surface area contributed by atoms with E-state index in [-0.39, 0.29) is 30.5 Å². The summed E-state index contributed by atoms with van der Waals surface area (Å²) >= 11 is 26.6. The normalized spacial score (nSPS) is 14.3. The fraction of sp³-hybridized carbons (Fsp3) is 0. The van der Waals surface area contributed by atoms with E-state index in [1.807, 2.05) is 0 Å². The van der Waals surface area contributed by atoms with Crippen molar-refractivity contribution in [3.63, 3.8) is 0 Å². The number of ketones is 1. The van der Waals surface area contributed by atoms with Gasteiger partial charge in [0.1, 0.15) is 10.6 Å². The van der Waals surface area contributed by atoms with Crippen LogP contribution in [0.4, 0.5) is 0 Å². The molecule has 3 rings (SSSR count). The van der Waals surface area contributed by atoms with E-state index < -0.39 is 15.0 Å². The molecule has 0 amide bonds. The first-order valence-corrected chi connectivity index (χ1v) is 16.0. The summed E-state index contributed by atoms with van der Waals surface area (Å²) in [5.41, 5.74) is 1.37. The molecule has 2 N–H and O–H groups in total. The van der Waals surface area contributed by atoms with Crippen LogP contribution in [0.25, 0.3) is 5.57 Å². The van der Waals surface area contributed by atoms with Gasteiger partial charge in [-0.05, 0) is 168 Å². The van der Waals surface area contributed by atoms with Crippen molar-refractivity contribution in [1.29, 1.82) is 0 Å². The van der Waals surface area contributed by atoms with Crippen molar-refractivity contribution in [1.82, 2.24) is 0 Å². The number of rotatable bonds is 3. The number of allylic oxidation sites excluding steroid dienone is 5. The molecule has 1 aliphatic carbocycles. The van der Waals surface area contributed by atoms with Crippen molar-refractivity contribution in [2.24, 2.45) is 0 Å². The fourth-order valence-corrected chi connectivity index (χ4v) is 9.30. The maximum Gasteiger partial charge on any atom is 0.296 e. The Labute approximate surface area is 255 Å². The highest BCUT2D eigenvalue weighted by molar-refractivity contribution is 9.15. The molecule has 0 fully saturated rings. The van der Waals surface area contributed by atoms with E-state index in [1.54, 1.807) is 24.3 Å². The van der Waals surface area contributed by atoms with Gasteiger partial charge < -0.3 is 5.11 Å². The van der Waals surface area contributed by atoms with Crippen LogP contribution in [0.1, 0.15) is 11.1 Å². The van der Waals surface area contributed by atoms with Crippen LogP contribution in [0, 0.1) is 0 Å². The Morgan fingerprint density at radius 1 is 0.758 bits per heavy atom. The number of hydrogen-bond acceptors (Lipinski definition) is 4. The Morgan fingerprint density at radius 3 is 1.67 bits per heavy atom. The maximum absolute atomic E-state index is 12.6. The molecule has 0 bridgehead atoms.